The van der Waals surface area contributed by atoms with E-state index < -0.39 is 0 Å². The van der Waals surface area contributed by atoms with E-state index in [2.05, 4.69) is 10.3 Å². The van der Waals surface area contributed by atoms with Crippen LogP contribution in [0.1, 0.15) is 5.69 Å². The molecule has 0 fully saturated rings. The first-order valence-electron chi connectivity index (χ1n) is 5.66. The number of aromatic nitrogens is 2. The molecule has 96 valence electrons. The summed E-state index contributed by atoms with van der Waals surface area (Å²) in [5, 5.41) is 12.0. The molecule has 6 nitrogen and oxygen atoms in total. The van der Waals surface area contributed by atoms with Crippen molar-refractivity contribution in [1.82, 2.24) is 14.7 Å². The topological polar surface area (TPSA) is 69.9 Å². The first-order valence-corrected chi connectivity index (χ1v) is 5.66. The Morgan fingerprint density at radius 2 is 2.33 bits per heavy atom. The second kappa shape index (κ2) is 5.05. The third-order valence-electron chi connectivity index (χ3n) is 2.78. The van der Waals surface area contributed by atoms with Crippen molar-refractivity contribution in [2.75, 3.05) is 25.5 Å². The normalized spacial score (nSPS) is 10.6. The number of hydrogen-bond donors (Lipinski definition) is 2. The van der Waals surface area contributed by atoms with Crippen LogP contribution in [-0.4, -0.2) is 41.0 Å². The summed E-state index contributed by atoms with van der Waals surface area (Å²) in [6, 6.07) is 5.61. The monoisotopic (exact) mass is 248 g/mol. The van der Waals surface area contributed by atoms with Crippen LogP contribution in [0.4, 0.5) is 5.82 Å². The molecule has 2 aromatic heterocycles. The zero-order valence-electron chi connectivity index (χ0n) is 10.4. The number of likely N-dealkylation sites (N-methyl/N-ethyl adjacent to an activating group) is 2. The first kappa shape index (κ1) is 12.4. The predicted molar refractivity (Wildman–Crippen MR) is 68.5 cm³/mol. The molecular weight excluding hydrogens is 232 g/mol. The van der Waals surface area contributed by atoms with E-state index in [0.29, 0.717) is 11.5 Å². The van der Waals surface area contributed by atoms with E-state index in [1.54, 1.807) is 19.0 Å². The molecule has 18 heavy (non-hydrogen) atoms. The molecule has 0 atom stereocenters. The Hall–Kier alpha value is -2.08. The highest BCUT2D eigenvalue weighted by atomic mass is 16.3. The van der Waals surface area contributed by atoms with Gasteiger partial charge in [-0.3, -0.25) is 9.20 Å². The maximum absolute atomic E-state index is 11.4. The SMILES string of the molecule is CNC(=O)CN(C)c1nc2ccccn2c1CO. The summed E-state index contributed by atoms with van der Waals surface area (Å²) in [5.74, 6) is 0.519. The molecule has 2 heterocycles. The number of aliphatic hydroxyl groups is 1. The number of fused-ring (bicyclic) bond motifs is 1. The highest BCUT2D eigenvalue weighted by Crippen LogP contribution is 2.20. The molecule has 0 saturated heterocycles. The van der Waals surface area contributed by atoms with Crippen LogP contribution in [0.25, 0.3) is 5.65 Å². The zero-order valence-corrected chi connectivity index (χ0v) is 10.4. The fourth-order valence-corrected chi connectivity index (χ4v) is 1.86. The first-order chi connectivity index (χ1) is 8.67. The van der Waals surface area contributed by atoms with Crippen LogP contribution in [0.2, 0.25) is 0 Å². The minimum absolute atomic E-state index is 0.0987. The van der Waals surface area contributed by atoms with Gasteiger partial charge in [0.25, 0.3) is 0 Å². The van der Waals surface area contributed by atoms with Gasteiger partial charge in [0.2, 0.25) is 5.91 Å². The van der Waals surface area contributed by atoms with Gasteiger partial charge in [-0.2, -0.15) is 0 Å². The third-order valence-corrected chi connectivity index (χ3v) is 2.78. The van der Waals surface area contributed by atoms with Crippen molar-refractivity contribution in [3.8, 4) is 0 Å². The summed E-state index contributed by atoms with van der Waals surface area (Å²) < 4.78 is 1.82. The van der Waals surface area contributed by atoms with Crippen LogP contribution in [-0.2, 0) is 11.4 Å². The van der Waals surface area contributed by atoms with E-state index in [9.17, 15) is 9.90 Å². The zero-order chi connectivity index (χ0) is 13.1. The van der Waals surface area contributed by atoms with Crippen LogP contribution in [0, 0.1) is 0 Å². The fourth-order valence-electron chi connectivity index (χ4n) is 1.86. The lowest BCUT2D eigenvalue weighted by molar-refractivity contribution is -0.119. The minimum atomic E-state index is -0.126. The van der Waals surface area contributed by atoms with Crippen LogP contribution in [0.3, 0.4) is 0 Å². The molecule has 0 aliphatic carbocycles. The van der Waals surface area contributed by atoms with Gasteiger partial charge in [-0.05, 0) is 12.1 Å². The number of nitrogens with zero attached hydrogens (tertiary/aromatic N) is 3. The summed E-state index contributed by atoms with van der Waals surface area (Å²) in [6.45, 7) is 0.0754. The van der Waals surface area contributed by atoms with E-state index in [1.807, 2.05) is 28.8 Å². The number of imidazole rings is 1. The van der Waals surface area contributed by atoms with Gasteiger partial charge in [-0.15, -0.1) is 0 Å². The molecule has 1 amide bonds. The molecule has 6 heteroatoms. The average molecular weight is 248 g/mol. The van der Waals surface area contributed by atoms with Gasteiger partial charge in [0, 0.05) is 20.3 Å². The Morgan fingerprint density at radius 1 is 1.56 bits per heavy atom. The summed E-state index contributed by atoms with van der Waals surface area (Å²) in [5.41, 5.74) is 1.43. The van der Waals surface area contributed by atoms with Crippen LogP contribution in [0.5, 0.6) is 0 Å². The maximum Gasteiger partial charge on any atom is 0.239 e. The van der Waals surface area contributed by atoms with Crippen molar-refractivity contribution in [2.45, 2.75) is 6.61 Å². The van der Waals surface area contributed by atoms with E-state index in [1.165, 1.54) is 0 Å². The summed E-state index contributed by atoms with van der Waals surface area (Å²) in [6.07, 6.45) is 1.84. The Morgan fingerprint density at radius 3 is 3.00 bits per heavy atom. The molecule has 2 N–H and O–H groups in total. The fraction of sp³-hybridized carbons (Fsp3) is 0.333. The van der Waals surface area contributed by atoms with Crippen molar-refractivity contribution in [3.05, 3.63) is 30.1 Å². The summed E-state index contributed by atoms with van der Waals surface area (Å²) >= 11 is 0. The van der Waals surface area contributed by atoms with Crippen molar-refractivity contribution >= 4 is 17.4 Å². The van der Waals surface area contributed by atoms with Gasteiger partial charge in [-0.1, -0.05) is 6.07 Å². The molecule has 2 rings (SSSR count). The van der Waals surface area contributed by atoms with Crippen molar-refractivity contribution in [3.63, 3.8) is 0 Å². The molecule has 0 saturated carbocycles. The third kappa shape index (κ3) is 2.14. The standard InChI is InChI=1S/C12H16N4O2/c1-13-11(18)7-15(2)12-9(8-17)16-6-4-3-5-10(16)14-12/h3-6,17H,7-8H2,1-2H3,(H,13,18). The van der Waals surface area contributed by atoms with Gasteiger partial charge in [0.15, 0.2) is 5.82 Å². The lowest BCUT2D eigenvalue weighted by Crippen LogP contribution is -2.33. The number of amides is 1. The van der Waals surface area contributed by atoms with Gasteiger partial charge < -0.3 is 15.3 Å². The largest absolute Gasteiger partial charge is 0.390 e. The smallest absolute Gasteiger partial charge is 0.239 e. The van der Waals surface area contributed by atoms with E-state index in [0.717, 1.165) is 5.65 Å². The van der Waals surface area contributed by atoms with Crippen molar-refractivity contribution in [2.24, 2.45) is 0 Å². The molecule has 2 aromatic rings. The number of pyridine rings is 1. The Kier molecular flexibility index (Phi) is 3.47. The number of carbonyl (C=O) groups is 1. The number of rotatable bonds is 4. The molecule has 0 aromatic carbocycles. The van der Waals surface area contributed by atoms with Crippen molar-refractivity contribution in [1.29, 1.82) is 0 Å². The molecule has 0 unspecified atom stereocenters. The van der Waals surface area contributed by atoms with E-state index in [4.69, 9.17) is 0 Å². The van der Waals surface area contributed by atoms with Gasteiger partial charge in [0.1, 0.15) is 5.65 Å². The molecule has 0 bridgehead atoms. The number of nitrogens with one attached hydrogen (secondary N) is 1. The summed E-state index contributed by atoms with van der Waals surface area (Å²) in [4.78, 5) is 17.5. The molecular formula is C12H16N4O2. The van der Waals surface area contributed by atoms with Gasteiger partial charge in [-0.25, -0.2) is 4.98 Å². The highest BCUT2D eigenvalue weighted by molar-refractivity contribution is 5.81. The minimum Gasteiger partial charge on any atom is -0.390 e. The second-order valence-electron chi connectivity index (χ2n) is 4.00. The highest BCUT2D eigenvalue weighted by Gasteiger charge is 2.16. The lowest BCUT2D eigenvalue weighted by atomic mass is 10.4. The molecule has 0 aliphatic rings. The van der Waals surface area contributed by atoms with Crippen LogP contribution in [0.15, 0.2) is 24.4 Å². The van der Waals surface area contributed by atoms with Crippen LogP contribution < -0.4 is 10.2 Å². The van der Waals surface area contributed by atoms with Gasteiger partial charge in [0.05, 0.1) is 18.8 Å². The molecule has 0 spiro atoms. The Balaban J connectivity index is 2.40. The van der Waals surface area contributed by atoms with Crippen LogP contribution >= 0.6 is 0 Å². The lowest BCUT2D eigenvalue weighted by Gasteiger charge is -2.16. The average Bonchev–Trinajstić information content (AvgIpc) is 2.77. The van der Waals surface area contributed by atoms with Crippen molar-refractivity contribution < 1.29 is 9.90 Å². The Bertz CT molecular complexity index is 564. The quantitative estimate of drug-likeness (QED) is 0.799. The van der Waals surface area contributed by atoms with E-state index in [-0.39, 0.29) is 19.1 Å². The second-order valence-corrected chi connectivity index (χ2v) is 4.00. The molecule has 0 radical (unpaired) electrons. The maximum atomic E-state index is 11.4. The summed E-state index contributed by atoms with van der Waals surface area (Å²) in [7, 11) is 3.36. The number of hydrogen-bond acceptors (Lipinski definition) is 4. The van der Waals surface area contributed by atoms with Gasteiger partial charge >= 0.3 is 0 Å². The molecule has 0 aliphatic heterocycles. The predicted octanol–water partition coefficient (Wildman–Crippen LogP) is 0.00880. The van der Waals surface area contributed by atoms with E-state index >= 15 is 0 Å². The number of anilines is 1. The number of carbonyl (C=O) groups excluding carboxylic acids is 1. The number of aliphatic hydroxyl groups excluding tert-OH is 1. The Labute approximate surface area is 105 Å².